The Kier molecular flexibility index (Phi) is 8.60. The molecule has 6 heteroatoms. The molecule has 0 fully saturated rings. The molecule has 0 saturated carbocycles. The summed E-state index contributed by atoms with van der Waals surface area (Å²) >= 11 is 3.02. The van der Waals surface area contributed by atoms with E-state index in [0.717, 1.165) is 74.3 Å². The summed E-state index contributed by atoms with van der Waals surface area (Å²) in [6.45, 7) is 5.15. The molecular weight excluding hydrogens is 557 g/mol. The summed E-state index contributed by atoms with van der Waals surface area (Å²) in [6, 6.07) is 33.8. The van der Waals surface area contributed by atoms with Gasteiger partial charge < -0.3 is 9.47 Å². The molecule has 208 valence electrons. The molecule has 1 aliphatic heterocycles. The van der Waals surface area contributed by atoms with Crippen LogP contribution in [0.2, 0.25) is 0 Å². The van der Waals surface area contributed by atoms with Gasteiger partial charge in [-0.3, -0.25) is 0 Å². The largest absolute Gasteiger partial charge is 0.494 e. The van der Waals surface area contributed by atoms with Crippen molar-refractivity contribution in [3.05, 3.63) is 97.1 Å². The van der Waals surface area contributed by atoms with Gasteiger partial charge in [-0.1, -0.05) is 92.1 Å². The topological polar surface area (TPSA) is 43.2 Å². The molecular formula is C36H30N2O2S2. The summed E-state index contributed by atoms with van der Waals surface area (Å²) in [5.74, 6) is 7.50. The van der Waals surface area contributed by atoms with E-state index in [0.29, 0.717) is 6.61 Å². The third kappa shape index (κ3) is 6.08. The van der Waals surface area contributed by atoms with Crippen LogP contribution in [0.5, 0.6) is 11.5 Å². The van der Waals surface area contributed by atoms with Gasteiger partial charge in [-0.15, -0.1) is 17.3 Å². The van der Waals surface area contributed by atoms with Crippen molar-refractivity contribution in [2.45, 2.75) is 26.7 Å². The number of unbranched alkanes of at least 4 members (excludes halogenated alkanes) is 1. The third-order valence-corrected chi connectivity index (χ3v) is 8.84. The maximum absolute atomic E-state index is 5.82. The van der Waals surface area contributed by atoms with Gasteiger partial charge in [0.2, 0.25) is 0 Å². The van der Waals surface area contributed by atoms with E-state index in [1.807, 2.05) is 31.2 Å². The van der Waals surface area contributed by atoms with Crippen LogP contribution in [0, 0.1) is 11.8 Å². The average Bonchev–Trinajstić information content (AvgIpc) is 3.66. The summed E-state index contributed by atoms with van der Waals surface area (Å²) in [4.78, 5) is 2.29. The normalized spacial score (nSPS) is 11.4. The quantitative estimate of drug-likeness (QED) is 0.118. The molecule has 0 unspecified atom stereocenters. The fraction of sp³-hybridized carbons (Fsp3) is 0.167. The number of benzene rings is 4. The van der Waals surface area contributed by atoms with E-state index >= 15 is 0 Å². The Hall–Kier alpha value is -4.44. The van der Waals surface area contributed by atoms with Crippen LogP contribution in [0.1, 0.15) is 26.7 Å². The lowest BCUT2D eigenvalue weighted by Crippen LogP contribution is -1.95. The summed E-state index contributed by atoms with van der Waals surface area (Å²) in [6.07, 6.45) is 2.20. The van der Waals surface area contributed by atoms with Crippen molar-refractivity contribution in [2.75, 3.05) is 13.2 Å². The Morgan fingerprint density at radius 1 is 0.595 bits per heavy atom. The number of ether oxygens (including phenoxy) is 2. The Balaban J connectivity index is 1.20. The van der Waals surface area contributed by atoms with Crippen molar-refractivity contribution >= 4 is 34.1 Å². The van der Waals surface area contributed by atoms with E-state index in [2.05, 4.69) is 100 Å². The number of hydrogen-bond donors (Lipinski definition) is 0. The predicted octanol–water partition coefficient (Wildman–Crippen LogP) is 10.7. The minimum Gasteiger partial charge on any atom is -0.494 e. The number of hydrogen-bond acceptors (Lipinski definition) is 5. The number of thiophene rings is 1. The van der Waals surface area contributed by atoms with Gasteiger partial charge in [-0.2, -0.15) is 8.73 Å². The van der Waals surface area contributed by atoms with Gasteiger partial charge in [-0.05, 0) is 71.0 Å². The molecule has 5 aromatic rings. The maximum Gasteiger partial charge on any atom is 0.149 e. The van der Waals surface area contributed by atoms with E-state index in [4.69, 9.17) is 9.47 Å². The standard InChI is InChI=1S/C36H30N2O2S2/c1-3-5-23-39-31-19-15-27(16-20-31)25-7-11-29(12-8-25)35-33-34(38-42-37-33)36(41-35)30-13-9-26(10-14-30)28-17-21-32(22-18-28)40-24-6-4-2/h7-22H,3,5,23-24H2,1-2H3. The lowest BCUT2D eigenvalue weighted by atomic mass is 10.0. The summed E-state index contributed by atoms with van der Waals surface area (Å²) in [7, 11) is 0. The minimum atomic E-state index is 0.403. The first-order chi connectivity index (χ1) is 20.7. The van der Waals surface area contributed by atoms with Crippen molar-refractivity contribution in [3.8, 4) is 66.5 Å². The molecule has 0 N–H and O–H groups in total. The highest BCUT2D eigenvalue weighted by atomic mass is 32.1. The van der Waals surface area contributed by atoms with Crippen molar-refractivity contribution < 1.29 is 9.47 Å². The van der Waals surface area contributed by atoms with E-state index in [-0.39, 0.29) is 0 Å². The first-order valence-corrected chi connectivity index (χ1v) is 15.6. The van der Waals surface area contributed by atoms with E-state index in [1.165, 1.54) is 22.5 Å². The molecule has 4 nitrogen and oxygen atoms in total. The number of fused-ring (bicyclic) bond motifs is 1. The fourth-order valence-electron chi connectivity index (χ4n) is 4.72. The van der Waals surface area contributed by atoms with Gasteiger partial charge in [0.15, 0.2) is 0 Å². The number of rotatable bonds is 10. The van der Waals surface area contributed by atoms with E-state index < -0.39 is 0 Å². The van der Waals surface area contributed by atoms with Crippen LogP contribution >= 0.6 is 11.3 Å². The van der Waals surface area contributed by atoms with Gasteiger partial charge in [0.1, 0.15) is 29.5 Å². The zero-order valence-corrected chi connectivity index (χ0v) is 25.2. The Bertz CT molecular complexity index is 1800. The second-order valence-electron chi connectivity index (χ2n) is 9.84. The molecule has 6 rings (SSSR count). The molecule has 4 aromatic carbocycles. The van der Waals surface area contributed by atoms with E-state index in [1.54, 1.807) is 11.3 Å². The number of nitrogens with zero attached hydrogens (tertiary/aromatic N) is 2. The molecule has 0 bridgehead atoms. The Labute approximate surface area is 254 Å². The zero-order chi connectivity index (χ0) is 28.7. The third-order valence-electron chi connectivity index (χ3n) is 7.05. The summed E-state index contributed by atoms with van der Waals surface area (Å²) in [5.41, 5.74) is 8.86. The predicted molar refractivity (Wildman–Crippen MR) is 177 cm³/mol. The molecule has 0 spiro atoms. The first kappa shape index (κ1) is 27.7. The van der Waals surface area contributed by atoms with Crippen molar-refractivity contribution in [1.82, 2.24) is 0 Å². The van der Waals surface area contributed by atoms with Gasteiger partial charge in [-0.25, -0.2) is 0 Å². The van der Waals surface area contributed by atoms with Crippen molar-refractivity contribution in [2.24, 2.45) is 8.73 Å². The van der Waals surface area contributed by atoms with Crippen LogP contribution in [0.3, 0.4) is 0 Å². The SMILES string of the molecule is CC#CCOc1ccc(-c2ccc(-c3sc(-c4ccc(-c5ccc(OCCCC)cc5)cc4)c4c3N=S=N4)cc2)cc1. The monoisotopic (exact) mass is 586 g/mol. The molecule has 42 heavy (non-hydrogen) atoms. The van der Waals surface area contributed by atoms with E-state index in [9.17, 15) is 0 Å². The highest BCUT2D eigenvalue weighted by molar-refractivity contribution is 7.58. The molecule has 0 saturated heterocycles. The minimum absolute atomic E-state index is 0.403. The maximum atomic E-state index is 5.82. The summed E-state index contributed by atoms with van der Waals surface area (Å²) in [5, 5.41) is 0. The van der Waals surface area contributed by atoms with Crippen LogP contribution < -0.4 is 9.47 Å². The van der Waals surface area contributed by atoms with Gasteiger partial charge in [0.25, 0.3) is 0 Å². The van der Waals surface area contributed by atoms with Crippen LogP contribution in [0.4, 0.5) is 11.4 Å². The molecule has 0 radical (unpaired) electrons. The molecule has 1 aromatic heterocycles. The van der Waals surface area contributed by atoms with Crippen molar-refractivity contribution in [3.63, 3.8) is 0 Å². The van der Waals surface area contributed by atoms with Gasteiger partial charge in [0, 0.05) is 0 Å². The second-order valence-corrected chi connectivity index (χ2v) is 11.4. The molecule has 0 aliphatic carbocycles. The second kappa shape index (κ2) is 13.0. The fourth-order valence-corrected chi connectivity index (χ4v) is 6.58. The van der Waals surface area contributed by atoms with Gasteiger partial charge >= 0.3 is 0 Å². The summed E-state index contributed by atoms with van der Waals surface area (Å²) < 4.78 is 20.8. The molecule has 0 atom stereocenters. The van der Waals surface area contributed by atoms with Crippen molar-refractivity contribution in [1.29, 1.82) is 0 Å². The smallest absolute Gasteiger partial charge is 0.149 e. The Morgan fingerprint density at radius 2 is 1.02 bits per heavy atom. The Morgan fingerprint density at radius 3 is 1.48 bits per heavy atom. The molecule has 0 amide bonds. The first-order valence-electron chi connectivity index (χ1n) is 14.1. The zero-order valence-electron chi connectivity index (χ0n) is 23.6. The van der Waals surface area contributed by atoms with Crippen LogP contribution in [-0.2, 0) is 11.4 Å². The molecule has 1 aliphatic rings. The highest BCUT2D eigenvalue weighted by Crippen LogP contribution is 2.54. The highest BCUT2D eigenvalue weighted by Gasteiger charge is 2.22. The van der Waals surface area contributed by atoms with Gasteiger partial charge in [0.05, 0.1) is 27.7 Å². The van der Waals surface area contributed by atoms with Crippen LogP contribution in [0.15, 0.2) is 106 Å². The average molecular weight is 587 g/mol. The van der Waals surface area contributed by atoms with Crippen LogP contribution in [-0.4, -0.2) is 13.2 Å². The lowest BCUT2D eigenvalue weighted by molar-refractivity contribution is 0.309. The molecule has 2 heterocycles. The lowest BCUT2D eigenvalue weighted by Gasteiger charge is -2.07. The van der Waals surface area contributed by atoms with Crippen LogP contribution in [0.25, 0.3) is 43.1 Å².